The molecule has 2 aromatic carbocycles. The summed E-state index contributed by atoms with van der Waals surface area (Å²) in [5.74, 6) is -0.219. The average molecular weight is 343 g/mol. The second kappa shape index (κ2) is 5.93. The molecule has 0 unspecified atom stereocenters. The van der Waals surface area contributed by atoms with E-state index in [1.165, 1.54) is 6.07 Å². The summed E-state index contributed by atoms with van der Waals surface area (Å²) in [7, 11) is 0. The minimum absolute atomic E-state index is 0.219. The predicted octanol–water partition coefficient (Wildman–Crippen LogP) is 5.47. The Balaban J connectivity index is 2.19. The molecule has 0 aliphatic heterocycles. The van der Waals surface area contributed by atoms with Gasteiger partial charge in [-0.1, -0.05) is 17.7 Å². The lowest BCUT2D eigenvalue weighted by atomic mass is 10.1. The third kappa shape index (κ3) is 3.48. The van der Waals surface area contributed by atoms with Gasteiger partial charge in [-0.3, -0.25) is 0 Å². The molecule has 1 N–H and O–H groups in total. The monoisotopic (exact) mass is 341 g/mol. The number of hydrogen-bond acceptors (Lipinski definition) is 1. The number of aryl methyl sites for hydroxylation is 2. The zero-order valence-electron chi connectivity index (χ0n) is 10.7. The Bertz CT molecular complexity index is 613. The quantitative estimate of drug-likeness (QED) is 0.780. The summed E-state index contributed by atoms with van der Waals surface area (Å²) < 4.78 is 14.2. The van der Waals surface area contributed by atoms with Gasteiger partial charge in [-0.25, -0.2) is 4.39 Å². The van der Waals surface area contributed by atoms with Crippen LogP contribution in [0.15, 0.2) is 34.8 Å². The summed E-state index contributed by atoms with van der Waals surface area (Å²) in [5.41, 5.74) is 3.91. The first-order valence-corrected chi connectivity index (χ1v) is 7.09. The van der Waals surface area contributed by atoms with Crippen LogP contribution in [0.2, 0.25) is 5.02 Å². The molecule has 0 saturated heterocycles. The Morgan fingerprint density at radius 2 is 1.89 bits per heavy atom. The fraction of sp³-hybridized carbons (Fsp3) is 0.200. The van der Waals surface area contributed by atoms with Gasteiger partial charge < -0.3 is 5.32 Å². The van der Waals surface area contributed by atoms with Crippen molar-refractivity contribution in [2.24, 2.45) is 0 Å². The summed E-state index contributed by atoms with van der Waals surface area (Å²) in [6.07, 6.45) is 0. The first-order valence-electron chi connectivity index (χ1n) is 5.92. The van der Waals surface area contributed by atoms with E-state index < -0.39 is 0 Å². The largest absolute Gasteiger partial charge is 0.380 e. The second-order valence-electron chi connectivity index (χ2n) is 4.51. The van der Waals surface area contributed by atoms with E-state index in [2.05, 4.69) is 21.2 Å². The molecule has 2 rings (SSSR count). The molecule has 0 fully saturated rings. The van der Waals surface area contributed by atoms with E-state index in [1.54, 1.807) is 12.1 Å². The van der Waals surface area contributed by atoms with E-state index in [0.29, 0.717) is 11.6 Å². The standard InChI is InChI=1S/C15H14BrClFN/c1-9-3-4-12(18)6-11(9)8-19-15-7-14(17)10(2)5-13(15)16/h3-7,19H,8H2,1-2H3. The first kappa shape index (κ1) is 14.4. The van der Waals surface area contributed by atoms with Crippen LogP contribution in [0.4, 0.5) is 10.1 Å². The van der Waals surface area contributed by atoms with Crippen LogP contribution in [-0.2, 0) is 6.54 Å². The van der Waals surface area contributed by atoms with Crippen molar-refractivity contribution in [1.29, 1.82) is 0 Å². The third-order valence-corrected chi connectivity index (χ3v) is 4.09. The van der Waals surface area contributed by atoms with E-state index >= 15 is 0 Å². The highest BCUT2D eigenvalue weighted by molar-refractivity contribution is 9.10. The minimum Gasteiger partial charge on any atom is -0.380 e. The summed E-state index contributed by atoms with van der Waals surface area (Å²) in [6, 6.07) is 8.63. The van der Waals surface area contributed by atoms with Crippen molar-refractivity contribution >= 4 is 33.2 Å². The molecule has 19 heavy (non-hydrogen) atoms. The van der Waals surface area contributed by atoms with Gasteiger partial charge in [0.05, 0.1) is 5.69 Å². The van der Waals surface area contributed by atoms with Crippen molar-refractivity contribution in [1.82, 2.24) is 0 Å². The molecule has 4 heteroatoms. The predicted molar refractivity (Wildman–Crippen MR) is 82.4 cm³/mol. The number of rotatable bonds is 3. The van der Waals surface area contributed by atoms with Crippen LogP contribution in [0, 0.1) is 19.7 Å². The lowest BCUT2D eigenvalue weighted by molar-refractivity contribution is 0.625. The Labute approximate surface area is 125 Å². The Hall–Kier alpha value is -1.06. The molecule has 0 bridgehead atoms. The van der Waals surface area contributed by atoms with Gasteiger partial charge in [0.2, 0.25) is 0 Å². The van der Waals surface area contributed by atoms with E-state index in [-0.39, 0.29) is 5.82 Å². The highest BCUT2D eigenvalue weighted by Gasteiger charge is 2.05. The van der Waals surface area contributed by atoms with Gasteiger partial charge in [-0.2, -0.15) is 0 Å². The van der Waals surface area contributed by atoms with E-state index in [0.717, 1.165) is 26.9 Å². The van der Waals surface area contributed by atoms with Gasteiger partial charge in [0, 0.05) is 16.0 Å². The molecule has 100 valence electrons. The molecule has 0 aliphatic rings. The fourth-order valence-electron chi connectivity index (χ4n) is 1.80. The average Bonchev–Trinajstić information content (AvgIpc) is 2.36. The van der Waals surface area contributed by atoms with E-state index in [4.69, 9.17) is 11.6 Å². The Morgan fingerprint density at radius 3 is 2.63 bits per heavy atom. The fourth-order valence-corrected chi connectivity index (χ4v) is 2.56. The SMILES string of the molecule is Cc1cc(Br)c(NCc2cc(F)ccc2C)cc1Cl. The molecule has 0 aromatic heterocycles. The molecular formula is C15H14BrClFN. The first-order chi connectivity index (χ1) is 8.97. The van der Waals surface area contributed by atoms with Crippen molar-refractivity contribution in [3.63, 3.8) is 0 Å². The minimum atomic E-state index is -0.219. The smallest absolute Gasteiger partial charge is 0.123 e. The van der Waals surface area contributed by atoms with Gasteiger partial charge in [0.15, 0.2) is 0 Å². The Morgan fingerprint density at radius 1 is 1.16 bits per heavy atom. The zero-order valence-corrected chi connectivity index (χ0v) is 13.1. The number of nitrogens with one attached hydrogen (secondary N) is 1. The van der Waals surface area contributed by atoms with Gasteiger partial charge in [-0.15, -0.1) is 0 Å². The maximum Gasteiger partial charge on any atom is 0.123 e. The molecule has 0 spiro atoms. The van der Waals surface area contributed by atoms with Crippen LogP contribution < -0.4 is 5.32 Å². The van der Waals surface area contributed by atoms with Crippen LogP contribution in [0.1, 0.15) is 16.7 Å². The summed E-state index contributed by atoms with van der Waals surface area (Å²) in [5, 5.41) is 3.98. The summed E-state index contributed by atoms with van der Waals surface area (Å²) in [6.45, 7) is 4.47. The van der Waals surface area contributed by atoms with Gasteiger partial charge in [0.1, 0.15) is 5.82 Å². The van der Waals surface area contributed by atoms with Crippen molar-refractivity contribution in [3.05, 3.63) is 62.3 Å². The lowest BCUT2D eigenvalue weighted by Gasteiger charge is -2.12. The maximum atomic E-state index is 13.2. The van der Waals surface area contributed by atoms with Gasteiger partial charge >= 0.3 is 0 Å². The van der Waals surface area contributed by atoms with Crippen LogP contribution in [0.3, 0.4) is 0 Å². The summed E-state index contributed by atoms with van der Waals surface area (Å²) in [4.78, 5) is 0. The molecule has 0 radical (unpaired) electrons. The number of hydrogen-bond donors (Lipinski definition) is 1. The zero-order chi connectivity index (χ0) is 14.0. The van der Waals surface area contributed by atoms with Crippen LogP contribution in [-0.4, -0.2) is 0 Å². The normalized spacial score (nSPS) is 10.6. The van der Waals surface area contributed by atoms with Gasteiger partial charge in [-0.05, 0) is 70.7 Å². The third-order valence-electron chi connectivity index (χ3n) is 3.03. The van der Waals surface area contributed by atoms with Crippen LogP contribution in [0.5, 0.6) is 0 Å². The topological polar surface area (TPSA) is 12.0 Å². The van der Waals surface area contributed by atoms with E-state index in [1.807, 2.05) is 26.0 Å². The van der Waals surface area contributed by atoms with Crippen molar-refractivity contribution < 1.29 is 4.39 Å². The Kier molecular flexibility index (Phi) is 4.48. The summed E-state index contributed by atoms with van der Waals surface area (Å²) >= 11 is 9.60. The lowest BCUT2D eigenvalue weighted by Crippen LogP contribution is -2.02. The van der Waals surface area contributed by atoms with Crippen molar-refractivity contribution in [3.8, 4) is 0 Å². The van der Waals surface area contributed by atoms with Crippen molar-refractivity contribution in [2.75, 3.05) is 5.32 Å². The number of benzene rings is 2. The molecule has 0 heterocycles. The molecule has 0 atom stereocenters. The van der Waals surface area contributed by atoms with E-state index in [9.17, 15) is 4.39 Å². The number of halogens is 3. The van der Waals surface area contributed by atoms with Crippen LogP contribution >= 0.6 is 27.5 Å². The molecule has 1 nitrogen and oxygen atoms in total. The maximum absolute atomic E-state index is 13.2. The van der Waals surface area contributed by atoms with Crippen molar-refractivity contribution in [2.45, 2.75) is 20.4 Å². The molecule has 2 aromatic rings. The molecule has 0 aliphatic carbocycles. The van der Waals surface area contributed by atoms with Crippen LogP contribution in [0.25, 0.3) is 0 Å². The highest BCUT2D eigenvalue weighted by Crippen LogP contribution is 2.29. The highest BCUT2D eigenvalue weighted by atomic mass is 79.9. The molecule has 0 saturated carbocycles. The number of anilines is 1. The second-order valence-corrected chi connectivity index (χ2v) is 5.77. The molecule has 0 amide bonds. The van der Waals surface area contributed by atoms with Gasteiger partial charge in [0.25, 0.3) is 0 Å². The molecular weight excluding hydrogens is 329 g/mol.